The number of amides is 2. The van der Waals surface area contributed by atoms with E-state index in [0.29, 0.717) is 17.6 Å². The molecule has 1 aliphatic heterocycles. The molecule has 20 heavy (non-hydrogen) atoms. The Morgan fingerprint density at radius 1 is 1.60 bits per heavy atom. The van der Waals surface area contributed by atoms with Gasteiger partial charge in [0.05, 0.1) is 11.8 Å². The molecule has 2 rings (SSSR count). The number of aliphatic hydroxyl groups excluding tert-OH is 1. The lowest BCUT2D eigenvalue weighted by Crippen LogP contribution is -2.40. The van der Waals surface area contributed by atoms with Crippen LogP contribution in [0.15, 0.2) is 22.7 Å². The average molecular weight is 345 g/mol. The summed E-state index contributed by atoms with van der Waals surface area (Å²) in [6, 6.07) is 4.36. The van der Waals surface area contributed by atoms with Crippen molar-refractivity contribution in [2.45, 2.75) is 19.4 Å². The Morgan fingerprint density at radius 3 is 2.85 bits per heavy atom. The number of hydrogen-bond donors (Lipinski definition) is 1. The third-order valence-corrected chi connectivity index (χ3v) is 4.23. The summed E-state index contributed by atoms with van der Waals surface area (Å²) < 4.78 is 14.5. The van der Waals surface area contributed by atoms with Crippen LogP contribution in [0.25, 0.3) is 0 Å². The van der Waals surface area contributed by atoms with Crippen LogP contribution in [0, 0.1) is 11.7 Å². The molecule has 4 nitrogen and oxygen atoms in total. The zero-order valence-electron chi connectivity index (χ0n) is 11.5. The number of hydrogen-bond acceptors (Lipinski definition) is 2. The van der Waals surface area contributed by atoms with E-state index < -0.39 is 11.9 Å². The first-order chi connectivity index (χ1) is 9.40. The van der Waals surface area contributed by atoms with E-state index in [1.54, 1.807) is 31.0 Å². The maximum Gasteiger partial charge on any atom is 0.324 e. The third kappa shape index (κ3) is 3.12. The summed E-state index contributed by atoms with van der Waals surface area (Å²) in [5.41, 5.74) is 0.249. The van der Waals surface area contributed by atoms with Gasteiger partial charge in [0, 0.05) is 30.5 Å². The first kappa shape index (κ1) is 15.3. The molecular formula is C14H18BrFN2O2. The maximum atomic E-state index is 13.9. The van der Waals surface area contributed by atoms with E-state index in [0.717, 1.165) is 6.42 Å². The molecule has 1 heterocycles. The number of aliphatic hydroxyl groups is 1. The van der Waals surface area contributed by atoms with Gasteiger partial charge in [0.2, 0.25) is 0 Å². The maximum absolute atomic E-state index is 13.9. The van der Waals surface area contributed by atoms with Gasteiger partial charge in [0.15, 0.2) is 0 Å². The van der Waals surface area contributed by atoms with E-state index in [1.165, 1.54) is 11.0 Å². The second-order valence-electron chi connectivity index (χ2n) is 5.17. The van der Waals surface area contributed by atoms with Crippen LogP contribution < -0.4 is 4.90 Å². The summed E-state index contributed by atoms with van der Waals surface area (Å²) in [5.74, 6) is -0.344. The van der Waals surface area contributed by atoms with Gasteiger partial charge in [-0.05, 0) is 31.5 Å². The number of carbonyl (C=O) groups excluding carboxylic acids is 1. The van der Waals surface area contributed by atoms with Crippen molar-refractivity contribution in [3.8, 4) is 0 Å². The number of rotatable bonds is 2. The Bertz CT molecular complexity index is 510. The third-order valence-electron chi connectivity index (χ3n) is 3.74. The Balaban J connectivity index is 2.09. The highest BCUT2D eigenvalue weighted by Crippen LogP contribution is 2.25. The summed E-state index contributed by atoms with van der Waals surface area (Å²) in [6.07, 6.45) is 0.350. The predicted octanol–water partition coefficient (Wildman–Crippen LogP) is 2.85. The minimum atomic E-state index is -0.443. The van der Waals surface area contributed by atoms with E-state index in [2.05, 4.69) is 15.9 Å². The van der Waals surface area contributed by atoms with Crippen molar-refractivity contribution < 1.29 is 14.3 Å². The summed E-state index contributed by atoms with van der Waals surface area (Å²) in [4.78, 5) is 15.3. The summed E-state index contributed by atoms with van der Waals surface area (Å²) in [5, 5.41) is 9.57. The van der Waals surface area contributed by atoms with Crippen LogP contribution in [0.4, 0.5) is 14.9 Å². The van der Waals surface area contributed by atoms with Crippen molar-refractivity contribution in [3.05, 3.63) is 28.5 Å². The van der Waals surface area contributed by atoms with Gasteiger partial charge in [-0.25, -0.2) is 9.18 Å². The number of anilines is 1. The van der Waals surface area contributed by atoms with Crippen LogP contribution in [0.3, 0.4) is 0 Å². The number of benzene rings is 1. The van der Waals surface area contributed by atoms with Gasteiger partial charge in [0.1, 0.15) is 5.82 Å². The highest BCUT2D eigenvalue weighted by atomic mass is 79.9. The van der Waals surface area contributed by atoms with E-state index in [-0.39, 0.29) is 17.6 Å². The summed E-state index contributed by atoms with van der Waals surface area (Å²) in [7, 11) is 1.56. The second-order valence-corrected chi connectivity index (χ2v) is 6.09. The van der Waals surface area contributed by atoms with Gasteiger partial charge >= 0.3 is 6.03 Å². The molecule has 1 fully saturated rings. The summed E-state index contributed by atoms with van der Waals surface area (Å²) >= 11 is 3.19. The zero-order valence-corrected chi connectivity index (χ0v) is 13.1. The standard InChI is InChI=1S/C14H18BrFN2O2/c1-9(19)10-5-6-18(8-10)14(20)17(2)13-4-3-11(15)7-12(13)16/h3-4,7,9-10,19H,5-6,8H2,1-2H3/t9-,10-/m1/s1. The average Bonchev–Trinajstić information content (AvgIpc) is 2.87. The van der Waals surface area contributed by atoms with Gasteiger partial charge in [-0.15, -0.1) is 0 Å². The van der Waals surface area contributed by atoms with Crippen molar-refractivity contribution in [3.63, 3.8) is 0 Å². The normalized spacial score (nSPS) is 20.1. The Labute approximate surface area is 126 Å². The van der Waals surface area contributed by atoms with Crippen molar-refractivity contribution in [1.29, 1.82) is 0 Å². The van der Waals surface area contributed by atoms with Crippen LogP contribution in [0.2, 0.25) is 0 Å². The fourth-order valence-electron chi connectivity index (χ4n) is 2.42. The highest BCUT2D eigenvalue weighted by molar-refractivity contribution is 9.10. The molecule has 0 unspecified atom stereocenters. The fourth-order valence-corrected chi connectivity index (χ4v) is 2.76. The molecule has 1 N–H and O–H groups in total. The molecule has 2 amide bonds. The Hall–Kier alpha value is -1.14. The lowest BCUT2D eigenvalue weighted by atomic mass is 10.0. The zero-order chi connectivity index (χ0) is 14.9. The molecule has 0 aliphatic carbocycles. The largest absolute Gasteiger partial charge is 0.393 e. The lowest BCUT2D eigenvalue weighted by molar-refractivity contribution is 0.129. The topological polar surface area (TPSA) is 43.8 Å². The highest BCUT2D eigenvalue weighted by Gasteiger charge is 2.31. The van der Waals surface area contributed by atoms with E-state index >= 15 is 0 Å². The predicted molar refractivity (Wildman–Crippen MR) is 79.3 cm³/mol. The molecule has 0 spiro atoms. The van der Waals surface area contributed by atoms with Gasteiger partial charge < -0.3 is 10.0 Å². The molecule has 6 heteroatoms. The van der Waals surface area contributed by atoms with Crippen LogP contribution in [0.5, 0.6) is 0 Å². The van der Waals surface area contributed by atoms with Crippen molar-refractivity contribution in [2.24, 2.45) is 5.92 Å². The molecule has 1 saturated heterocycles. The number of carbonyl (C=O) groups is 1. The number of likely N-dealkylation sites (tertiary alicyclic amines) is 1. The number of halogens is 2. The number of nitrogens with zero attached hydrogens (tertiary/aromatic N) is 2. The van der Waals surface area contributed by atoms with E-state index in [4.69, 9.17) is 0 Å². The van der Waals surface area contributed by atoms with Crippen molar-refractivity contribution in [2.75, 3.05) is 25.0 Å². The molecule has 0 aromatic heterocycles. The van der Waals surface area contributed by atoms with Gasteiger partial charge in [-0.1, -0.05) is 15.9 Å². The smallest absolute Gasteiger partial charge is 0.324 e. The van der Waals surface area contributed by atoms with Gasteiger partial charge in [-0.2, -0.15) is 0 Å². The number of urea groups is 1. The molecule has 0 bridgehead atoms. The minimum Gasteiger partial charge on any atom is -0.393 e. The molecule has 0 radical (unpaired) electrons. The molecule has 0 saturated carbocycles. The quantitative estimate of drug-likeness (QED) is 0.896. The Kier molecular flexibility index (Phi) is 4.65. The molecular weight excluding hydrogens is 327 g/mol. The van der Waals surface area contributed by atoms with E-state index in [9.17, 15) is 14.3 Å². The monoisotopic (exact) mass is 344 g/mol. The van der Waals surface area contributed by atoms with Crippen molar-refractivity contribution in [1.82, 2.24) is 4.90 Å². The molecule has 1 aromatic carbocycles. The van der Waals surface area contributed by atoms with Crippen molar-refractivity contribution >= 4 is 27.6 Å². The summed E-state index contributed by atoms with van der Waals surface area (Å²) in [6.45, 7) is 2.84. The SMILES string of the molecule is C[C@@H](O)[C@@H]1CCN(C(=O)N(C)c2ccc(Br)cc2F)C1. The van der Waals surface area contributed by atoms with Crippen LogP contribution in [0.1, 0.15) is 13.3 Å². The fraction of sp³-hybridized carbons (Fsp3) is 0.500. The molecule has 110 valence electrons. The molecule has 1 aliphatic rings. The van der Waals surface area contributed by atoms with Crippen LogP contribution >= 0.6 is 15.9 Å². The minimum absolute atomic E-state index is 0.0992. The van der Waals surface area contributed by atoms with Gasteiger partial charge in [-0.3, -0.25) is 4.90 Å². The van der Waals surface area contributed by atoms with E-state index in [1.807, 2.05) is 0 Å². The Morgan fingerprint density at radius 2 is 2.30 bits per heavy atom. The first-order valence-electron chi connectivity index (χ1n) is 6.56. The van der Waals surface area contributed by atoms with Crippen LogP contribution in [-0.2, 0) is 0 Å². The molecule has 1 aromatic rings. The second kappa shape index (κ2) is 6.10. The van der Waals surface area contributed by atoms with Crippen LogP contribution in [-0.4, -0.2) is 42.3 Å². The van der Waals surface area contributed by atoms with Gasteiger partial charge in [0.25, 0.3) is 0 Å². The molecule has 2 atom stereocenters. The first-order valence-corrected chi connectivity index (χ1v) is 7.35. The lowest BCUT2D eigenvalue weighted by Gasteiger charge is -2.25.